The first-order valence-electron chi connectivity index (χ1n) is 9.13. The number of carbonyl (C=O) groups is 1. The minimum absolute atomic E-state index is 0.108. The number of amides is 1. The van der Waals surface area contributed by atoms with Crippen molar-refractivity contribution in [2.24, 2.45) is 0 Å². The first-order valence-corrected chi connectivity index (χ1v) is 10.3. The summed E-state index contributed by atoms with van der Waals surface area (Å²) in [6.45, 7) is 4.54. The van der Waals surface area contributed by atoms with Gasteiger partial charge in [0.15, 0.2) is 5.65 Å². The Morgan fingerprint density at radius 2 is 1.96 bits per heavy atom. The number of carbonyl (C=O) groups excluding carboxylic acids is 1. The van der Waals surface area contributed by atoms with Crippen LogP contribution in [-0.2, 0) is 6.54 Å². The maximum Gasteiger partial charge on any atom is 0.253 e. The average molecular weight is 379 g/mol. The van der Waals surface area contributed by atoms with Gasteiger partial charge < -0.3 is 10.2 Å². The van der Waals surface area contributed by atoms with Crippen LogP contribution >= 0.6 is 11.8 Å². The van der Waals surface area contributed by atoms with Crippen LogP contribution in [0.5, 0.6) is 0 Å². The Labute approximate surface area is 163 Å². The van der Waals surface area contributed by atoms with Crippen LogP contribution in [0.1, 0.15) is 21.6 Å². The first-order chi connectivity index (χ1) is 13.2. The standard InChI is InChI=1S/C21H22N4OS/c1-15-19(13-17-3-2-8-22-20(17)24-15)21(26)23-14-16-4-6-18(7-5-16)25-9-11-27-12-10-25/h2-8,13H,9-12,14H2,1H3,(H,23,26). The number of benzene rings is 1. The molecule has 1 saturated heterocycles. The summed E-state index contributed by atoms with van der Waals surface area (Å²) in [5.74, 6) is 2.27. The Hall–Kier alpha value is -2.60. The number of nitrogens with one attached hydrogen (secondary N) is 1. The third kappa shape index (κ3) is 4.06. The van der Waals surface area contributed by atoms with E-state index in [9.17, 15) is 4.79 Å². The van der Waals surface area contributed by atoms with Crippen LogP contribution in [0.25, 0.3) is 11.0 Å². The Bertz CT molecular complexity index is 952. The molecule has 0 radical (unpaired) electrons. The van der Waals surface area contributed by atoms with Crippen LogP contribution in [0.2, 0.25) is 0 Å². The number of hydrogen-bond acceptors (Lipinski definition) is 5. The van der Waals surface area contributed by atoms with E-state index in [0.717, 1.165) is 24.0 Å². The van der Waals surface area contributed by atoms with E-state index in [0.29, 0.717) is 23.4 Å². The second-order valence-electron chi connectivity index (χ2n) is 6.62. The van der Waals surface area contributed by atoms with E-state index >= 15 is 0 Å². The Balaban J connectivity index is 1.42. The van der Waals surface area contributed by atoms with Gasteiger partial charge in [0, 0.05) is 48.4 Å². The normalized spacial score (nSPS) is 14.3. The van der Waals surface area contributed by atoms with Crippen LogP contribution < -0.4 is 10.2 Å². The molecule has 0 aliphatic carbocycles. The van der Waals surface area contributed by atoms with E-state index in [-0.39, 0.29) is 5.91 Å². The van der Waals surface area contributed by atoms with Crippen molar-refractivity contribution in [3.63, 3.8) is 0 Å². The molecule has 3 aromatic rings. The van der Waals surface area contributed by atoms with E-state index in [1.807, 2.05) is 36.9 Å². The second kappa shape index (κ2) is 7.96. The van der Waals surface area contributed by atoms with Crippen molar-refractivity contribution in [2.45, 2.75) is 13.5 Å². The van der Waals surface area contributed by atoms with Gasteiger partial charge in [-0.25, -0.2) is 9.97 Å². The van der Waals surface area contributed by atoms with Crippen molar-refractivity contribution in [1.82, 2.24) is 15.3 Å². The smallest absolute Gasteiger partial charge is 0.253 e. The van der Waals surface area contributed by atoms with E-state index in [1.54, 1.807) is 6.20 Å². The molecule has 1 amide bonds. The fourth-order valence-corrected chi connectivity index (χ4v) is 4.15. The van der Waals surface area contributed by atoms with E-state index in [1.165, 1.54) is 17.2 Å². The van der Waals surface area contributed by atoms with Gasteiger partial charge in [-0.1, -0.05) is 12.1 Å². The number of fused-ring (bicyclic) bond motifs is 1. The highest BCUT2D eigenvalue weighted by Gasteiger charge is 2.13. The molecule has 1 aromatic carbocycles. The van der Waals surface area contributed by atoms with E-state index in [4.69, 9.17) is 0 Å². The highest BCUT2D eigenvalue weighted by atomic mass is 32.2. The zero-order chi connectivity index (χ0) is 18.6. The number of aromatic nitrogens is 2. The predicted octanol–water partition coefficient (Wildman–Crippen LogP) is 3.42. The van der Waals surface area contributed by atoms with E-state index in [2.05, 4.69) is 44.5 Å². The van der Waals surface area contributed by atoms with Crippen LogP contribution in [-0.4, -0.2) is 40.5 Å². The molecule has 1 aliphatic rings. The summed E-state index contributed by atoms with van der Waals surface area (Å²) in [7, 11) is 0. The fourth-order valence-electron chi connectivity index (χ4n) is 3.25. The van der Waals surface area contributed by atoms with Crippen LogP contribution in [0.3, 0.4) is 0 Å². The third-order valence-corrected chi connectivity index (χ3v) is 5.73. The Morgan fingerprint density at radius 3 is 2.74 bits per heavy atom. The molecule has 5 nitrogen and oxygen atoms in total. The zero-order valence-electron chi connectivity index (χ0n) is 15.3. The fraction of sp³-hybridized carbons (Fsp3) is 0.286. The lowest BCUT2D eigenvalue weighted by Gasteiger charge is -2.28. The lowest BCUT2D eigenvalue weighted by molar-refractivity contribution is 0.0950. The summed E-state index contributed by atoms with van der Waals surface area (Å²) in [5, 5.41) is 3.88. The van der Waals surface area contributed by atoms with Crippen molar-refractivity contribution in [1.29, 1.82) is 0 Å². The van der Waals surface area contributed by atoms with Crippen LogP contribution in [0.4, 0.5) is 5.69 Å². The van der Waals surface area contributed by atoms with Crippen molar-refractivity contribution < 1.29 is 4.79 Å². The highest BCUT2D eigenvalue weighted by molar-refractivity contribution is 7.99. The molecule has 0 spiro atoms. The van der Waals surface area contributed by atoms with Crippen molar-refractivity contribution in [3.05, 3.63) is 65.5 Å². The van der Waals surface area contributed by atoms with Gasteiger partial charge >= 0.3 is 0 Å². The lowest BCUT2D eigenvalue weighted by Crippen LogP contribution is -2.32. The van der Waals surface area contributed by atoms with Gasteiger partial charge in [0.05, 0.1) is 11.3 Å². The maximum absolute atomic E-state index is 12.6. The van der Waals surface area contributed by atoms with Gasteiger partial charge in [0.2, 0.25) is 0 Å². The molecule has 6 heteroatoms. The molecular weight excluding hydrogens is 356 g/mol. The number of pyridine rings is 2. The molecule has 3 heterocycles. The molecule has 0 saturated carbocycles. The zero-order valence-corrected chi connectivity index (χ0v) is 16.1. The quantitative estimate of drug-likeness (QED) is 0.754. The topological polar surface area (TPSA) is 58.1 Å². The number of anilines is 1. The minimum Gasteiger partial charge on any atom is -0.370 e. The van der Waals surface area contributed by atoms with Crippen molar-refractivity contribution >= 4 is 34.4 Å². The minimum atomic E-state index is -0.108. The largest absolute Gasteiger partial charge is 0.370 e. The monoisotopic (exact) mass is 378 g/mol. The molecule has 1 aliphatic heterocycles. The highest BCUT2D eigenvalue weighted by Crippen LogP contribution is 2.20. The van der Waals surface area contributed by atoms with E-state index < -0.39 is 0 Å². The molecular formula is C21H22N4OS. The molecule has 0 atom stereocenters. The summed E-state index contributed by atoms with van der Waals surface area (Å²) in [4.78, 5) is 23.7. The van der Waals surface area contributed by atoms with Crippen molar-refractivity contribution in [2.75, 3.05) is 29.5 Å². The summed E-state index contributed by atoms with van der Waals surface area (Å²) in [5.41, 5.74) is 4.30. The molecule has 1 N–H and O–H groups in total. The number of thioether (sulfide) groups is 1. The predicted molar refractivity (Wildman–Crippen MR) is 111 cm³/mol. The summed E-state index contributed by atoms with van der Waals surface area (Å²) in [6.07, 6.45) is 1.71. The molecule has 4 rings (SSSR count). The molecule has 0 bridgehead atoms. The first kappa shape index (κ1) is 17.8. The summed E-state index contributed by atoms with van der Waals surface area (Å²) >= 11 is 2.01. The molecule has 0 unspecified atom stereocenters. The van der Waals surface area contributed by atoms with Gasteiger partial charge in [-0.2, -0.15) is 11.8 Å². The number of hydrogen-bond donors (Lipinski definition) is 1. The van der Waals surface area contributed by atoms with Gasteiger partial charge in [-0.3, -0.25) is 4.79 Å². The SMILES string of the molecule is Cc1nc2ncccc2cc1C(=O)NCc1ccc(N2CCSCC2)cc1. The maximum atomic E-state index is 12.6. The molecule has 1 fully saturated rings. The van der Waals surface area contributed by atoms with Crippen molar-refractivity contribution in [3.8, 4) is 0 Å². The molecule has 2 aromatic heterocycles. The summed E-state index contributed by atoms with van der Waals surface area (Å²) < 4.78 is 0. The van der Waals surface area contributed by atoms with Gasteiger partial charge in [0.25, 0.3) is 5.91 Å². The van der Waals surface area contributed by atoms with Gasteiger partial charge in [0.1, 0.15) is 0 Å². The molecule has 27 heavy (non-hydrogen) atoms. The third-order valence-electron chi connectivity index (χ3n) is 4.79. The molecule has 138 valence electrons. The van der Waals surface area contributed by atoms with Gasteiger partial charge in [-0.15, -0.1) is 0 Å². The second-order valence-corrected chi connectivity index (χ2v) is 7.84. The van der Waals surface area contributed by atoms with Crippen LogP contribution in [0.15, 0.2) is 48.7 Å². The Kier molecular flexibility index (Phi) is 5.25. The number of rotatable bonds is 4. The summed E-state index contributed by atoms with van der Waals surface area (Å²) in [6, 6.07) is 14.1. The van der Waals surface area contributed by atoms with Crippen LogP contribution in [0, 0.1) is 6.92 Å². The Morgan fingerprint density at radius 1 is 1.19 bits per heavy atom. The lowest BCUT2D eigenvalue weighted by atomic mass is 10.1. The van der Waals surface area contributed by atoms with Gasteiger partial charge in [-0.05, 0) is 42.8 Å². The number of aryl methyl sites for hydroxylation is 1. The number of nitrogens with zero attached hydrogens (tertiary/aromatic N) is 3. The average Bonchev–Trinajstić information content (AvgIpc) is 2.72.